The summed E-state index contributed by atoms with van der Waals surface area (Å²) in [4.78, 5) is 21.7. The van der Waals surface area contributed by atoms with Gasteiger partial charge in [-0.05, 0) is 28.8 Å². The van der Waals surface area contributed by atoms with Crippen LogP contribution in [0.1, 0.15) is 17.7 Å². The van der Waals surface area contributed by atoms with Gasteiger partial charge < -0.3 is 15.4 Å². The van der Waals surface area contributed by atoms with Crippen LogP contribution in [0, 0.1) is 0 Å². The lowest BCUT2D eigenvalue weighted by molar-refractivity contribution is -0.125. The fraction of sp³-hybridized carbons (Fsp3) is 0.333. The Morgan fingerprint density at radius 1 is 1.26 bits per heavy atom. The van der Waals surface area contributed by atoms with Crippen LogP contribution < -0.4 is 5.32 Å². The van der Waals surface area contributed by atoms with E-state index in [9.17, 15) is 9.90 Å². The van der Waals surface area contributed by atoms with Crippen molar-refractivity contribution in [2.45, 2.75) is 31.5 Å². The predicted octanol–water partition coefficient (Wildman–Crippen LogP) is 1.86. The van der Waals surface area contributed by atoms with Gasteiger partial charge in [-0.15, -0.1) is 0 Å². The van der Waals surface area contributed by atoms with Gasteiger partial charge in [0.15, 0.2) is 0 Å². The van der Waals surface area contributed by atoms with Crippen LogP contribution in [0.4, 0.5) is 0 Å². The second-order valence-corrected chi connectivity index (χ2v) is 7.13. The number of hydrogen-bond acceptors (Lipinski definition) is 4. The fourth-order valence-electron chi connectivity index (χ4n) is 3.76. The zero-order chi connectivity index (χ0) is 18.6. The summed E-state index contributed by atoms with van der Waals surface area (Å²) in [6.45, 7) is 1.73. The van der Waals surface area contributed by atoms with E-state index < -0.39 is 6.10 Å². The number of aliphatic hydroxyl groups excluding tert-OH is 1. The topological polar surface area (TPSA) is 81.2 Å². The highest BCUT2D eigenvalue weighted by Gasteiger charge is 2.35. The summed E-state index contributed by atoms with van der Waals surface area (Å²) in [7, 11) is 0. The molecule has 2 atom stereocenters. The van der Waals surface area contributed by atoms with Crippen LogP contribution in [-0.4, -0.2) is 51.1 Å². The number of aromatic nitrogens is 2. The van der Waals surface area contributed by atoms with Crippen molar-refractivity contribution >= 4 is 16.7 Å². The van der Waals surface area contributed by atoms with E-state index in [1.165, 1.54) is 10.8 Å². The number of nitrogens with zero attached hydrogens (tertiary/aromatic N) is 2. The lowest BCUT2D eigenvalue weighted by Gasteiger charge is -2.23. The van der Waals surface area contributed by atoms with Crippen LogP contribution in [-0.2, 0) is 17.8 Å². The highest BCUT2D eigenvalue weighted by Crippen LogP contribution is 2.23. The maximum atomic E-state index is 12.6. The largest absolute Gasteiger partial charge is 0.392 e. The normalized spacial score (nSPS) is 20.2. The van der Waals surface area contributed by atoms with Crippen molar-refractivity contribution in [2.75, 3.05) is 13.1 Å². The fourth-order valence-corrected chi connectivity index (χ4v) is 3.76. The first kappa shape index (κ1) is 17.7. The minimum atomic E-state index is -0.464. The van der Waals surface area contributed by atoms with Crippen molar-refractivity contribution in [3.63, 3.8) is 0 Å². The molecule has 1 amide bonds. The number of β-amino-alcohol motifs (C(OH)–C–C–N with tert-alkyl or cyclic N) is 1. The van der Waals surface area contributed by atoms with E-state index in [0.29, 0.717) is 32.5 Å². The second-order valence-electron chi connectivity index (χ2n) is 7.13. The van der Waals surface area contributed by atoms with Crippen LogP contribution >= 0.6 is 0 Å². The van der Waals surface area contributed by atoms with Crippen LogP contribution in [0.2, 0.25) is 0 Å². The zero-order valence-electron chi connectivity index (χ0n) is 15.1. The number of aliphatic hydroxyl groups is 1. The van der Waals surface area contributed by atoms with E-state index in [-0.39, 0.29) is 11.9 Å². The Kier molecular flexibility index (Phi) is 5.18. The second kappa shape index (κ2) is 7.90. The third-order valence-corrected chi connectivity index (χ3v) is 5.13. The third kappa shape index (κ3) is 4.18. The van der Waals surface area contributed by atoms with Crippen molar-refractivity contribution < 1.29 is 9.90 Å². The number of benzene rings is 2. The number of fused-ring (bicyclic) bond motifs is 1. The monoisotopic (exact) mass is 364 g/mol. The first-order valence-corrected chi connectivity index (χ1v) is 9.34. The Bertz CT molecular complexity index is 909. The molecule has 3 N–H and O–H groups in total. The molecule has 6 heteroatoms. The Morgan fingerprint density at radius 2 is 2.11 bits per heavy atom. The van der Waals surface area contributed by atoms with Gasteiger partial charge >= 0.3 is 0 Å². The maximum absolute atomic E-state index is 12.6. The van der Waals surface area contributed by atoms with Gasteiger partial charge in [0.25, 0.3) is 0 Å². The van der Waals surface area contributed by atoms with Crippen molar-refractivity contribution in [2.24, 2.45) is 0 Å². The first-order chi connectivity index (χ1) is 13.2. The molecule has 1 saturated heterocycles. The highest BCUT2D eigenvalue weighted by atomic mass is 16.3. The van der Waals surface area contributed by atoms with Crippen molar-refractivity contribution in [3.05, 3.63) is 66.2 Å². The van der Waals surface area contributed by atoms with Gasteiger partial charge in [-0.1, -0.05) is 36.4 Å². The Hall–Kier alpha value is -2.70. The molecular weight excluding hydrogens is 340 g/mol. The maximum Gasteiger partial charge on any atom is 0.237 e. The minimum Gasteiger partial charge on any atom is -0.392 e. The lowest BCUT2D eigenvalue weighted by Crippen LogP contribution is -2.43. The molecule has 0 radical (unpaired) electrons. The summed E-state index contributed by atoms with van der Waals surface area (Å²) in [5, 5.41) is 15.5. The molecule has 2 heterocycles. The van der Waals surface area contributed by atoms with Gasteiger partial charge in [-0.25, -0.2) is 4.98 Å². The summed E-state index contributed by atoms with van der Waals surface area (Å²) in [5.74, 6) is -0.0214. The molecule has 1 aromatic heterocycles. The first-order valence-electron chi connectivity index (χ1n) is 9.34. The number of carbonyl (C=O) groups excluding carboxylic acids is 1. The van der Waals surface area contributed by atoms with E-state index in [1.54, 1.807) is 12.5 Å². The number of aromatic amines is 1. The van der Waals surface area contributed by atoms with Gasteiger partial charge in [0.1, 0.15) is 0 Å². The average molecular weight is 364 g/mol. The van der Waals surface area contributed by atoms with Gasteiger partial charge in [0.2, 0.25) is 5.91 Å². The molecule has 0 spiro atoms. The van der Waals surface area contributed by atoms with Crippen LogP contribution in [0.25, 0.3) is 10.8 Å². The quantitative estimate of drug-likeness (QED) is 0.624. The molecule has 4 rings (SSSR count). The number of hydrogen-bond donors (Lipinski definition) is 3. The molecule has 140 valence electrons. The number of amides is 1. The number of H-pyrrole nitrogens is 1. The highest BCUT2D eigenvalue weighted by molar-refractivity contribution is 5.83. The molecule has 0 unspecified atom stereocenters. The van der Waals surface area contributed by atoms with Gasteiger partial charge in [0, 0.05) is 37.9 Å². The number of rotatable bonds is 6. The molecule has 0 saturated carbocycles. The number of carbonyl (C=O) groups is 1. The van der Waals surface area contributed by atoms with Crippen LogP contribution in [0.5, 0.6) is 0 Å². The van der Waals surface area contributed by atoms with Gasteiger partial charge in [0.05, 0.1) is 18.5 Å². The summed E-state index contributed by atoms with van der Waals surface area (Å²) in [6, 6.07) is 14.3. The number of nitrogens with one attached hydrogen (secondary N) is 2. The molecule has 3 aromatic rings. The summed E-state index contributed by atoms with van der Waals surface area (Å²) >= 11 is 0. The van der Waals surface area contributed by atoms with E-state index >= 15 is 0 Å². The number of imidazole rings is 1. The van der Waals surface area contributed by atoms with Gasteiger partial charge in [-0.2, -0.15) is 0 Å². The molecule has 0 bridgehead atoms. The molecule has 0 aliphatic carbocycles. The predicted molar refractivity (Wildman–Crippen MR) is 104 cm³/mol. The summed E-state index contributed by atoms with van der Waals surface area (Å²) in [6.07, 6.45) is 4.12. The number of likely N-dealkylation sites (tertiary alicyclic amines) is 1. The standard InChI is InChI=1S/C21H24N4O2/c26-19-10-20(21(27)23-8-7-18-11-22-14-24-18)25(13-19)12-15-5-6-16-3-1-2-4-17(16)9-15/h1-6,9,11,14,19-20,26H,7-8,10,12-13H2,(H,22,24)(H,23,27)/t19-,20-/m0/s1. The smallest absolute Gasteiger partial charge is 0.237 e. The van der Waals surface area contributed by atoms with E-state index in [2.05, 4.69) is 50.5 Å². The van der Waals surface area contributed by atoms with Crippen LogP contribution in [0.15, 0.2) is 55.0 Å². The third-order valence-electron chi connectivity index (χ3n) is 5.13. The van der Waals surface area contributed by atoms with E-state index in [4.69, 9.17) is 0 Å². The summed E-state index contributed by atoms with van der Waals surface area (Å²) in [5.41, 5.74) is 2.15. The molecule has 2 aromatic carbocycles. The van der Waals surface area contributed by atoms with E-state index in [0.717, 1.165) is 11.3 Å². The minimum absolute atomic E-state index is 0.0214. The molecular formula is C21H24N4O2. The SMILES string of the molecule is O=C(NCCc1cnc[nH]1)[C@@H]1C[C@H](O)CN1Cc1ccc2ccccc2c1. The molecule has 1 fully saturated rings. The van der Waals surface area contributed by atoms with Crippen molar-refractivity contribution in [1.29, 1.82) is 0 Å². The summed E-state index contributed by atoms with van der Waals surface area (Å²) < 4.78 is 0. The van der Waals surface area contributed by atoms with Crippen molar-refractivity contribution in [1.82, 2.24) is 20.2 Å². The Morgan fingerprint density at radius 3 is 2.93 bits per heavy atom. The van der Waals surface area contributed by atoms with Crippen molar-refractivity contribution in [3.8, 4) is 0 Å². The zero-order valence-corrected chi connectivity index (χ0v) is 15.1. The lowest BCUT2D eigenvalue weighted by atomic mass is 10.1. The molecule has 27 heavy (non-hydrogen) atoms. The molecule has 1 aliphatic rings. The van der Waals surface area contributed by atoms with E-state index in [1.807, 2.05) is 12.1 Å². The molecule has 1 aliphatic heterocycles. The average Bonchev–Trinajstić information content (AvgIpc) is 3.31. The Balaban J connectivity index is 1.39. The Labute approximate surface area is 158 Å². The molecule has 6 nitrogen and oxygen atoms in total. The van der Waals surface area contributed by atoms with Gasteiger partial charge in [-0.3, -0.25) is 9.69 Å². The van der Waals surface area contributed by atoms with Crippen LogP contribution in [0.3, 0.4) is 0 Å².